The van der Waals surface area contributed by atoms with Crippen LogP contribution in [0.1, 0.15) is 40.9 Å². The van der Waals surface area contributed by atoms with Crippen molar-refractivity contribution in [3.8, 4) is 11.5 Å². The van der Waals surface area contributed by atoms with E-state index in [0.29, 0.717) is 58.8 Å². The fourth-order valence-corrected chi connectivity index (χ4v) is 7.32. The number of aryl methyl sites for hydroxylation is 1. The van der Waals surface area contributed by atoms with Crippen molar-refractivity contribution in [3.63, 3.8) is 0 Å². The van der Waals surface area contributed by atoms with Crippen molar-refractivity contribution in [2.45, 2.75) is 38.6 Å². The number of urea groups is 1. The molecule has 2 aromatic carbocycles. The molecule has 2 N–H and O–H groups in total. The fraction of sp³-hybridized carbons (Fsp3) is 0.333. The van der Waals surface area contributed by atoms with Crippen LogP contribution in [-0.4, -0.2) is 60.1 Å². The fourth-order valence-electron chi connectivity index (χ4n) is 6.30. The average molecular weight is 612 g/mol. The molecular formula is C33H33N5O5S. The van der Waals surface area contributed by atoms with Crippen LogP contribution in [0.25, 0.3) is 10.2 Å². The molecule has 2 saturated heterocycles. The molecule has 10 nitrogen and oxygen atoms in total. The first-order valence-corrected chi connectivity index (χ1v) is 15.8. The minimum Gasteiger partial charge on any atom is -0.457 e. The lowest BCUT2D eigenvalue weighted by Crippen LogP contribution is -2.51. The van der Waals surface area contributed by atoms with Crippen molar-refractivity contribution >= 4 is 56.5 Å². The van der Waals surface area contributed by atoms with Crippen LogP contribution in [0.2, 0.25) is 0 Å². The number of hydrogen-bond acceptors (Lipinski definition) is 7. The monoisotopic (exact) mass is 611 g/mol. The Morgan fingerprint density at radius 2 is 1.86 bits per heavy atom. The molecule has 5 heterocycles. The van der Waals surface area contributed by atoms with E-state index < -0.39 is 0 Å². The second-order valence-electron chi connectivity index (χ2n) is 11.4. The SMILES string of the molecule is Cc1cc(Oc2ccccc2)ccc1N1C(=O)Nc2c(C(=O)NC3CCCN(C(=O)C4CCOCC4)C3)sc3nccc1c23. The van der Waals surface area contributed by atoms with Crippen molar-refractivity contribution < 1.29 is 23.9 Å². The van der Waals surface area contributed by atoms with E-state index in [1.165, 1.54) is 11.3 Å². The third kappa shape index (κ3) is 5.37. The molecule has 2 aromatic heterocycles. The lowest BCUT2D eigenvalue weighted by molar-refractivity contribution is -0.139. The van der Waals surface area contributed by atoms with Gasteiger partial charge in [-0.05, 0) is 74.6 Å². The Morgan fingerprint density at radius 3 is 2.66 bits per heavy atom. The number of para-hydroxylation sites is 1. The van der Waals surface area contributed by atoms with E-state index in [2.05, 4.69) is 15.6 Å². The normalized spacial score (nSPS) is 18.7. The summed E-state index contributed by atoms with van der Waals surface area (Å²) >= 11 is 1.26. The molecule has 2 fully saturated rings. The molecule has 3 aliphatic heterocycles. The predicted octanol–water partition coefficient (Wildman–Crippen LogP) is 6.23. The number of nitrogens with zero attached hydrogens (tertiary/aromatic N) is 3. The van der Waals surface area contributed by atoms with Gasteiger partial charge in [-0.3, -0.25) is 14.5 Å². The summed E-state index contributed by atoms with van der Waals surface area (Å²) in [6.07, 6.45) is 4.76. The Kier molecular flexibility index (Phi) is 7.65. The summed E-state index contributed by atoms with van der Waals surface area (Å²) in [6, 6.07) is 16.4. The first kappa shape index (κ1) is 28.3. The molecular weight excluding hydrogens is 578 g/mol. The van der Waals surface area contributed by atoms with Crippen LogP contribution in [0.4, 0.5) is 21.9 Å². The summed E-state index contributed by atoms with van der Waals surface area (Å²) in [5.74, 6) is 1.27. The number of piperidine rings is 1. The molecule has 1 unspecified atom stereocenters. The number of carbonyl (C=O) groups is 3. The van der Waals surface area contributed by atoms with E-state index >= 15 is 0 Å². The van der Waals surface area contributed by atoms with Crippen LogP contribution in [0.5, 0.6) is 11.5 Å². The quantitative estimate of drug-likeness (QED) is 0.267. The summed E-state index contributed by atoms with van der Waals surface area (Å²) in [6.45, 7) is 4.35. The Morgan fingerprint density at radius 1 is 1.05 bits per heavy atom. The molecule has 0 radical (unpaired) electrons. The summed E-state index contributed by atoms with van der Waals surface area (Å²) in [5.41, 5.74) is 2.69. The highest BCUT2D eigenvalue weighted by Crippen LogP contribution is 2.46. The van der Waals surface area contributed by atoms with Gasteiger partial charge >= 0.3 is 6.03 Å². The van der Waals surface area contributed by atoms with Gasteiger partial charge in [0.05, 0.1) is 22.4 Å². The molecule has 0 aliphatic carbocycles. The third-order valence-corrected chi connectivity index (χ3v) is 9.58. The van der Waals surface area contributed by atoms with Crippen LogP contribution in [0.3, 0.4) is 0 Å². The second-order valence-corrected chi connectivity index (χ2v) is 12.4. The number of anilines is 3. The van der Waals surface area contributed by atoms with Gasteiger partial charge in [0.1, 0.15) is 21.2 Å². The van der Waals surface area contributed by atoms with Gasteiger partial charge in [-0.2, -0.15) is 0 Å². The van der Waals surface area contributed by atoms with Crippen LogP contribution in [0, 0.1) is 12.8 Å². The van der Waals surface area contributed by atoms with Crippen molar-refractivity contribution in [1.29, 1.82) is 0 Å². The number of hydrogen-bond donors (Lipinski definition) is 2. The van der Waals surface area contributed by atoms with Gasteiger partial charge in [0, 0.05) is 44.5 Å². The predicted molar refractivity (Wildman–Crippen MR) is 169 cm³/mol. The Labute approximate surface area is 259 Å². The van der Waals surface area contributed by atoms with E-state index in [-0.39, 0.29) is 29.8 Å². The summed E-state index contributed by atoms with van der Waals surface area (Å²) in [5, 5.41) is 6.85. The summed E-state index contributed by atoms with van der Waals surface area (Å²) < 4.78 is 11.4. The van der Waals surface area contributed by atoms with Crippen molar-refractivity contribution in [3.05, 3.63) is 71.2 Å². The second kappa shape index (κ2) is 11.9. The van der Waals surface area contributed by atoms with E-state index in [1.807, 2.05) is 60.4 Å². The Bertz CT molecular complexity index is 1740. The zero-order valence-corrected chi connectivity index (χ0v) is 25.2. The first-order chi connectivity index (χ1) is 21.5. The molecule has 226 valence electrons. The van der Waals surface area contributed by atoms with Crippen LogP contribution < -0.4 is 20.3 Å². The van der Waals surface area contributed by atoms with Gasteiger partial charge in [-0.1, -0.05) is 18.2 Å². The van der Waals surface area contributed by atoms with Crippen molar-refractivity contribution in [2.24, 2.45) is 5.92 Å². The largest absolute Gasteiger partial charge is 0.457 e. The van der Waals surface area contributed by atoms with E-state index in [1.54, 1.807) is 17.2 Å². The van der Waals surface area contributed by atoms with Gasteiger partial charge < -0.3 is 25.0 Å². The minimum absolute atomic E-state index is 0.0101. The Hall–Kier alpha value is -4.48. The van der Waals surface area contributed by atoms with E-state index in [4.69, 9.17) is 9.47 Å². The number of aromatic nitrogens is 1. The smallest absolute Gasteiger partial charge is 0.331 e. The number of benzene rings is 2. The molecule has 7 rings (SSSR count). The molecule has 4 amide bonds. The number of amides is 4. The number of likely N-dealkylation sites (tertiary alicyclic amines) is 1. The Balaban J connectivity index is 1.12. The molecule has 0 bridgehead atoms. The standard InChI is InChI=1S/C33H33N5O5S/c1-20-18-24(43-23-7-3-2-4-8-23)9-10-25(20)38-26-11-14-34-31-27(26)28(36-33(38)41)29(44-31)30(39)35-22-6-5-15-37(19-22)32(40)21-12-16-42-17-13-21/h2-4,7-11,14,18,21-22H,5-6,12-13,15-17,19H2,1H3,(H,35,39)(H,36,41). The molecule has 1 atom stereocenters. The zero-order chi connectivity index (χ0) is 30.2. The molecule has 44 heavy (non-hydrogen) atoms. The molecule has 4 aromatic rings. The van der Waals surface area contributed by atoms with Crippen molar-refractivity contribution in [1.82, 2.24) is 15.2 Å². The number of rotatable bonds is 6. The summed E-state index contributed by atoms with van der Waals surface area (Å²) in [7, 11) is 0. The number of thiophene rings is 1. The van der Waals surface area contributed by atoms with Crippen LogP contribution in [0.15, 0.2) is 60.8 Å². The maximum Gasteiger partial charge on any atom is 0.331 e. The maximum atomic E-state index is 13.6. The molecule has 0 saturated carbocycles. The number of carbonyl (C=O) groups excluding carboxylic acids is 3. The zero-order valence-electron chi connectivity index (χ0n) is 24.4. The number of nitrogens with one attached hydrogen (secondary N) is 2. The van der Waals surface area contributed by atoms with Crippen LogP contribution in [-0.2, 0) is 9.53 Å². The molecule has 11 heteroatoms. The van der Waals surface area contributed by atoms with E-state index in [9.17, 15) is 14.4 Å². The van der Waals surface area contributed by atoms with Gasteiger partial charge in [-0.15, -0.1) is 11.3 Å². The highest BCUT2D eigenvalue weighted by Gasteiger charge is 2.35. The molecule has 3 aliphatic rings. The average Bonchev–Trinajstić information content (AvgIpc) is 3.42. The highest BCUT2D eigenvalue weighted by molar-refractivity contribution is 7.21. The topological polar surface area (TPSA) is 113 Å². The first-order valence-electron chi connectivity index (χ1n) is 15.0. The van der Waals surface area contributed by atoms with Gasteiger partial charge in [-0.25, -0.2) is 9.78 Å². The molecule has 0 spiro atoms. The van der Waals surface area contributed by atoms with Crippen LogP contribution >= 0.6 is 11.3 Å². The lowest BCUT2D eigenvalue weighted by atomic mass is 9.96. The van der Waals surface area contributed by atoms with E-state index in [0.717, 1.165) is 42.4 Å². The van der Waals surface area contributed by atoms with Gasteiger partial charge in [0.15, 0.2) is 0 Å². The minimum atomic E-state index is -0.358. The lowest BCUT2D eigenvalue weighted by Gasteiger charge is -2.36. The van der Waals surface area contributed by atoms with Gasteiger partial charge in [0.25, 0.3) is 5.91 Å². The van der Waals surface area contributed by atoms with Gasteiger partial charge in [0.2, 0.25) is 5.91 Å². The number of ether oxygens (including phenoxy) is 2. The highest BCUT2D eigenvalue weighted by atomic mass is 32.1. The maximum absolute atomic E-state index is 13.6. The summed E-state index contributed by atoms with van der Waals surface area (Å²) in [4.78, 5) is 49.5. The number of pyridine rings is 1. The van der Waals surface area contributed by atoms with Crippen molar-refractivity contribution in [2.75, 3.05) is 36.5 Å². The third-order valence-electron chi connectivity index (χ3n) is 8.48.